The number of likely N-dealkylation sites (tertiary alicyclic amines) is 1. The van der Waals surface area contributed by atoms with Crippen LogP contribution in [-0.2, 0) is 11.3 Å². The highest BCUT2D eigenvalue weighted by Crippen LogP contribution is 2.41. The third-order valence-corrected chi connectivity index (χ3v) is 8.73. The van der Waals surface area contributed by atoms with Crippen molar-refractivity contribution in [2.24, 2.45) is 5.92 Å². The van der Waals surface area contributed by atoms with Crippen molar-refractivity contribution in [3.63, 3.8) is 0 Å². The Labute approximate surface area is 241 Å². The van der Waals surface area contributed by atoms with Crippen LogP contribution in [-0.4, -0.2) is 116 Å². The number of nitrogens with zero attached hydrogens (tertiary/aromatic N) is 10. The van der Waals surface area contributed by atoms with Crippen LogP contribution in [0.4, 0.5) is 30.5 Å². The molecule has 3 aliphatic heterocycles. The van der Waals surface area contributed by atoms with E-state index >= 15 is 0 Å². The van der Waals surface area contributed by atoms with Gasteiger partial charge in [0.2, 0.25) is 11.9 Å². The van der Waals surface area contributed by atoms with Gasteiger partial charge < -0.3 is 20.0 Å². The summed E-state index contributed by atoms with van der Waals surface area (Å²) in [6, 6.07) is 6.05. The van der Waals surface area contributed by atoms with Gasteiger partial charge in [-0.2, -0.15) is 28.5 Å². The highest BCUT2D eigenvalue weighted by molar-refractivity contribution is 5.76. The average molecular weight is 586 g/mol. The van der Waals surface area contributed by atoms with Crippen LogP contribution in [0, 0.1) is 17.2 Å². The number of hydrogen-bond donors (Lipinski definition) is 1. The maximum Gasteiger partial charge on any atom is 0.391 e. The number of alkyl halides is 3. The predicted octanol–water partition coefficient (Wildman–Crippen LogP) is 2.19. The van der Waals surface area contributed by atoms with Crippen molar-refractivity contribution in [1.29, 1.82) is 5.26 Å². The van der Waals surface area contributed by atoms with Gasteiger partial charge in [-0.3, -0.25) is 14.4 Å². The van der Waals surface area contributed by atoms with Gasteiger partial charge in [-0.05, 0) is 45.1 Å². The minimum Gasteiger partial charge on any atom is -0.365 e. The van der Waals surface area contributed by atoms with Crippen molar-refractivity contribution in [3.05, 3.63) is 30.7 Å². The Morgan fingerprint density at radius 1 is 1.17 bits per heavy atom. The number of hydrogen-bond acceptors (Lipinski definition) is 9. The lowest BCUT2D eigenvalue weighted by molar-refractivity contribution is -0.188. The quantitative estimate of drug-likeness (QED) is 0.446. The van der Waals surface area contributed by atoms with Gasteiger partial charge in [-0.15, -0.1) is 5.10 Å². The lowest BCUT2D eigenvalue weighted by Crippen LogP contribution is -2.71. The van der Waals surface area contributed by atoms with E-state index in [-0.39, 0.29) is 31.7 Å². The lowest BCUT2D eigenvalue weighted by Gasteiger charge is -2.57. The zero-order valence-corrected chi connectivity index (χ0v) is 23.5. The van der Waals surface area contributed by atoms with Gasteiger partial charge in [0.1, 0.15) is 6.54 Å². The van der Waals surface area contributed by atoms with Crippen LogP contribution in [0.5, 0.6) is 0 Å². The molecule has 1 amide bonds. The van der Waals surface area contributed by atoms with Gasteiger partial charge >= 0.3 is 6.18 Å². The smallest absolute Gasteiger partial charge is 0.365 e. The first-order valence-corrected chi connectivity index (χ1v) is 14.2. The van der Waals surface area contributed by atoms with Crippen molar-refractivity contribution in [2.75, 3.05) is 69.6 Å². The van der Waals surface area contributed by atoms with E-state index in [1.807, 2.05) is 24.1 Å². The number of pyridine rings is 1. The average Bonchev–Trinajstić information content (AvgIpc) is 3.56. The van der Waals surface area contributed by atoms with Crippen LogP contribution < -0.4 is 10.2 Å². The summed E-state index contributed by atoms with van der Waals surface area (Å²) in [5.41, 5.74) is 1.64. The number of carbonyl (C=O) groups excluding carboxylic acids is 1. The minimum atomic E-state index is -4.17. The van der Waals surface area contributed by atoms with Crippen LogP contribution >= 0.6 is 0 Å². The molecule has 0 atom stereocenters. The Kier molecular flexibility index (Phi) is 7.44. The molecule has 0 spiro atoms. The number of piperidine rings is 1. The zero-order valence-electron chi connectivity index (χ0n) is 23.5. The molecule has 224 valence electrons. The second-order valence-corrected chi connectivity index (χ2v) is 11.6. The van der Waals surface area contributed by atoms with Crippen LogP contribution in [0.25, 0.3) is 5.65 Å². The van der Waals surface area contributed by atoms with E-state index in [9.17, 15) is 23.2 Å². The molecule has 3 aromatic heterocycles. The molecule has 0 aromatic carbocycles. The van der Waals surface area contributed by atoms with Crippen LogP contribution in [0.2, 0.25) is 0 Å². The molecule has 3 aromatic rings. The summed E-state index contributed by atoms with van der Waals surface area (Å²) in [6.45, 7) is 5.01. The molecule has 15 heteroatoms. The fraction of sp³-hybridized carbons (Fsp3) is 0.593. The molecule has 0 aliphatic carbocycles. The molecule has 3 saturated heterocycles. The molecular weight excluding hydrogens is 551 g/mol. The molecule has 6 rings (SSSR count). The number of carbonyl (C=O) groups is 1. The second kappa shape index (κ2) is 11.1. The maximum absolute atomic E-state index is 13.2. The Morgan fingerprint density at radius 3 is 2.60 bits per heavy atom. The molecule has 0 unspecified atom stereocenters. The van der Waals surface area contributed by atoms with E-state index in [1.54, 1.807) is 27.8 Å². The van der Waals surface area contributed by atoms with E-state index in [1.165, 1.54) is 0 Å². The SMILES string of the molecule is CN1CCN(C(=O)Cn2cc(Nc3nc4c(N5CC(CC#N)(N6CCC(C(F)(F)F)CC6)C5)cccn4n3)cn2)CC1. The van der Waals surface area contributed by atoms with E-state index in [0.717, 1.165) is 18.8 Å². The fourth-order valence-electron chi connectivity index (χ4n) is 6.22. The van der Waals surface area contributed by atoms with Crippen LogP contribution in [0.15, 0.2) is 30.7 Å². The van der Waals surface area contributed by atoms with Crippen molar-refractivity contribution in [2.45, 2.75) is 37.5 Å². The standard InChI is InChI=1S/C27H34F3N11O/c1-36-11-13-37(14-12-36)23(42)17-40-16-21(15-32-40)33-25-34-24-22(3-2-8-41(24)35-25)38-18-26(19-38,6-7-31)39-9-4-20(5-10-39)27(28,29)30/h2-3,8,15-16,20H,4-6,9-14,17-19H2,1H3,(H,33,35). The normalized spacial score (nSPS) is 20.5. The van der Waals surface area contributed by atoms with Crippen LogP contribution in [0.1, 0.15) is 19.3 Å². The third-order valence-electron chi connectivity index (χ3n) is 8.73. The molecule has 0 bridgehead atoms. The molecule has 0 saturated carbocycles. The zero-order chi connectivity index (χ0) is 29.5. The Hall–Kier alpha value is -3.90. The summed E-state index contributed by atoms with van der Waals surface area (Å²) >= 11 is 0. The summed E-state index contributed by atoms with van der Waals surface area (Å²) in [7, 11) is 2.04. The number of nitrogens with one attached hydrogen (secondary N) is 1. The van der Waals surface area contributed by atoms with E-state index in [2.05, 4.69) is 41.3 Å². The predicted molar refractivity (Wildman–Crippen MR) is 148 cm³/mol. The summed E-state index contributed by atoms with van der Waals surface area (Å²) in [5, 5.41) is 21.5. The van der Waals surface area contributed by atoms with Gasteiger partial charge in [0.05, 0.1) is 41.5 Å². The highest BCUT2D eigenvalue weighted by atomic mass is 19.4. The van der Waals surface area contributed by atoms with Crippen molar-refractivity contribution < 1.29 is 18.0 Å². The van der Waals surface area contributed by atoms with Gasteiger partial charge in [0.25, 0.3) is 0 Å². The number of rotatable bonds is 7. The van der Waals surface area contributed by atoms with Gasteiger partial charge in [0.15, 0.2) is 5.65 Å². The largest absolute Gasteiger partial charge is 0.391 e. The molecule has 3 fully saturated rings. The second-order valence-electron chi connectivity index (χ2n) is 11.6. The number of fused-ring (bicyclic) bond motifs is 1. The van der Waals surface area contributed by atoms with Crippen molar-refractivity contribution >= 4 is 28.9 Å². The summed E-state index contributed by atoms with van der Waals surface area (Å²) in [5.74, 6) is -0.880. The maximum atomic E-state index is 13.2. The summed E-state index contributed by atoms with van der Waals surface area (Å²) in [4.78, 5) is 25.6. The highest BCUT2D eigenvalue weighted by Gasteiger charge is 2.51. The topological polar surface area (TPSA) is 114 Å². The van der Waals surface area contributed by atoms with Crippen molar-refractivity contribution in [1.82, 2.24) is 39.1 Å². The first-order chi connectivity index (χ1) is 20.1. The molecule has 0 radical (unpaired) electrons. The first kappa shape index (κ1) is 28.2. The number of aromatic nitrogens is 5. The first-order valence-electron chi connectivity index (χ1n) is 14.2. The lowest BCUT2D eigenvalue weighted by atomic mass is 9.81. The van der Waals surface area contributed by atoms with E-state index < -0.39 is 17.6 Å². The molecule has 3 aliphatic rings. The number of nitriles is 1. The van der Waals surface area contributed by atoms with E-state index in [0.29, 0.717) is 56.6 Å². The Balaban J connectivity index is 1.10. The monoisotopic (exact) mass is 585 g/mol. The fourth-order valence-corrected chi connectivity index (χ4v) is 6.22. The third kappa shape index (κ3) is 5.60. The van der Waals surface area contributed by atoms with Crippen LogP contribution in [0.3, 0.4) is 0 Å². The molecule has 42 heavy (non-hydrogen) atoms. The molecule has 12 nitrogen and oxygen atoms in total. The summed E-state index contributed by atoms with van der Waals surface area (Å²) in [6.07, 6.45) is 1.36. The number of amides is 1. The number of halogens is 3. The van der Waals surface area contributed by atoms with Crippen molar-refractivity contribution in [3.8, 4) is 6.07 Å². The number of likely N-dealkylation sites (N-methyl/N-ethyl adjacent to an activating group) is 1. The van der Waals surface area contributed by atoms with Gasteiger partial charge in [-0.1, -0.05) is 0 Å². The van der Waals surface area contributed by atoms with Gasteiger partial charge in [-0.25, -0.2) is 4.52 Å². The van der Waals surface area contributed by atoms with E-state index in [4.69, 9.17) is 0 Å². The minimum absolute atomic E-state index is 0.0278. The molecule has 1 N–H and O–H groups in total. The Bertz CT molecular complexity index is 1460. The Morgan fingerprint density at radius 2 is 1.90 bits per heavy atom. The van der Waals surface area contributed by atoms with Gasteiger partial charge in [0, 0.05) is 51.7 Å². The molecular formula is C27H34F3N11O. The summed E-state index contributed by atoms with van der Waals surface area (Å²) < 4.78 is 42.8. The molecule has 6 heterocycles. The number of piperazine rings is 1. The number of anilines is 3.